The molecule has 1 aliphatic rings. The van der Waals surface area contributed by atoms with Gasteiger partial charge in [-0.25, -0.2) is 13.6 Å². The van der Waals surface area contributed by atoms with Crippen LogP contribution in [0, 0.1) is 5.92 Å². The highest BCUT2D eigenvalue weighted by Gasteiger charge is 2.28. The predicted octanol–water partition coefficient (Wildman–Crippen LogP) is 0.511. The first-order valence-corrected chi connectivity index (χ1v) is 8.56. The van der Waals surface area contributed by atoms with Gasteiger partial charge in [0.1, 0.15) is 0 Å². The lowest BCUT2D eigenvalue weighted by Gasteiger charge is -2.15. The summed E-state index contributed by atoms with van der Waals surface area (Å²) in [4.78, 5) is 11.6. The summed E-state index contributed by atoms with van der Waals surface area (Å²) in [6.07, 6.45) is 2.01. The van der Waals surface area contributed by atoms with Crippen molar-refractivity contribution in [1.82, 2.24) is 10.6 Å². The van der Waals surface area contributed by atoms with Gasteiger partial charge in [-0.2, -0.15) is 0 Å². The van der Waals surface area contributed by atoms with Crippen LogP contribution in [-0.4, -0.2) is 27.4 Å². The van der Waals surface area contributed by atoms with Crippen LogP contribution in [0.1, 0.15) is 31.4 Å². The van der Waals surface area contributed by atoms with Crippen LogP contribution in [0.5, 0.6) is 0 Å². The molecule has 0 bridgehead atoms. The Morgan fingerprint density at radius 1 is 1.29 bits per heavy atom. The lowest BCUT2D eigenvalue weighted by Crippen LogP contribution is -2.33. The van der Waals surface area contributed by atoms with E-state index >= 15 is 0 Å². The Labute approximate surface area is 125 Å². The smallest absolute Gasteiger partial charge is 0.238 e. The molecule has 0 spiro atoms. The standard InChI is InChI=1S/C14H21N3O3S/c1-10(16-8-9-17-14(18)12-2-3-12)11-4-6-13(7-5-11)21(15,19)20/h4-7,10,12,16H,2-3,8-9H2,1H3,(H,17,18)(H2,15,19,20). The summed E-state index contributed by atoms with van der Waals surface area (Å²) in [5.74, 6) is 0.370. The van der Waals surface area contributed by atoms with E-state index in [-0.39, 0.29) is 22.8 Å². The molecule has 1 unspecified atom stereocenters. The SMILES string of the molecule is CC(NCCNC(=O)C1CC1)c1ccc(S(N)(=O)=O)cc1. The number of hydrogen-bond acceptors (Lipinski definition) is 4. The van der Waals surface area contributed by atoms with Gasteiger partial charge in [-0.05, 0) is 37.5 Å². The maximum Gasteiger partial charge on any atom is 0.238 e. The van der Waals surface area contributed by atoms with Gasteiger partial charge in [0.2, 0.25) is 15.9 Å². The van der Waals surface area contributed by atoms with Crippen LogP contribution in [0.2, 0.25) is 0 Å². The summed E-state index contributed by atoms with van der Waals surface area (Å²) in [6, 6.07) is 6.54. The molecule has 4 N–H and O–H groups in total. The number of rotatable bonds is 7. The lowest BCUT2D eigenvalue weighted by atomic mass is 10.1. The second-order valence-electron chi connectivity index (χ2n) is 5.36. The molecule has 1 aromatic rings. The number of amides is 1. The number of hydrogen-bond donors (Lipinski definition) is 3. The Kier molecular flexibility index (Phi) is 4.97. The monoisotopic (exact) mass is 311 g/mol. The zero-order valence-corrected chi connectivity index (χ0v) is 12.8. The van der Waals surface area contributed by atoms with Crippen LogP contribution >= 0.6 is 0 Å². The van der Waals surface area contributed by atoms with Crippen molar-refractivity contribution in [2.45, 2.75) is 30.7 Å². The number of nitrogens with one attached hydrogen (secondary N) is 2. The summed E-state index contributed by atoms with van der Waals surface area (Å²) in [7, 11) is -3.65. The quantitative estimate of drug-likeness (QED) is 0.639. The van der Waals surface area contributed by atoms with Crippen molar-refractivity contribution in [1.29, 1.82) is 0 Å². The summed E-state index contributed by atoms with van der Waals surface area (Å²) >= 11 is 0. The van der Waals surface area contributed by atoms with E-state index in [1.807, 2.05) is 6.92 Å². The third-order valence-electron chi connectivity index (χ3n) is 3.53. The molecule has 1 saturated carbocycles. The number of sulfonamides is 1. The van der Waals surface area contributed by atoms with Crippen LogP contribution in [0.3, 0.4) is 0 Å². The second-order valence-corrected chi connectivity index (χ2v) is 6.92. The highest BCUT2D eigenvalue weighted by molar-refractivity contribution is 7.89. The summed E-state index contributed by atoms with van der Waals surface area (Å²) < 4.78 is 22.3. The molecule has 0 aliphatic heterocycles. The number of nitrogens with two attached hydrogens (primary N) is 1. The molecule has 1 aliphatic carbocycles. The zero-order valence-electron chi connectivity index (χ0n) is 12.0. The van der Waals surface area contributed by atoms with E-state index in [0.717, 1.165) is 18.4 Å². The van der Waals surface area contributed by atoms with Crippen molar-refractivity contribution in [2.75, 3.05) is 13.1 Å². The molecule has 1 fully saturated rings. The number of carbonyl (C=O) groups is 1. The molecule has 1 amide bonds. The number of carbonyl (C=O) groups excluding carboxylic acids is 1. The van der Waals surface area contributed by atoms with Gasteiger partial charge in [-0.15, -0.1) is 0 Å². The largest absolute Gasteiger partial charge is 0.355 e. The topological polar surface area (TPSA) is 101 Å². The Morgan fingerprint density at radius 3 is 2.43 bits per heavy atom. The van der Waals surface area contributed by atoms with Crippen molar-refractivity contribution in [2.24, 2.45) is 11.1 Å². The van der Waals surface area contributed by atoms with E-state index in [1.54, 1.807) is 12.1 Å². The van der Waals surface area contributed by atoms with Crippen LogP contribution in [0.4, 0.5) is 0 Å². The van der Waals surface area contributed by atoms with Crippen LogP contribution < -0.4 is 15.8 Å². The molecule has 1 atom stereocenters. The third-order valence-corrected chi connectivity index (χ3v) is 4.46. The molecule has 0 saturated heterocycles. The maximum absolute atomic E-state index is 11.4. The highest BCUT2D eigenvalue weighted by Crippen LogP contribution is 2.28. The molecular formula is C14H21N3O3S. The molecule has 1 aromatic carbocycles. The van der Waals surface area contributed by atoms with E-state index in [1.165, 1.54) is 12.1 Å². The van der Waals surface area contributed by atoms with Gasteiger partial charge in [0.15, 0.2) is 0 Å². The van der Waals surface area contributed by atoms with Gasteiger partial charge in [0.25, 0.3) is 0 Å². The van der Waals surface area contributed by atoms with E-state index in [4.69, 9.17) is 5.14 Å². The van der Waals surface area contributed by atoms with Crippen molar-refractivity contribution < 1.29 is 13.2 Å². The van der Waals surface area contributed by atoms with Crippen LogP contribution in [0.25, 0.3) is 0 Å². The molecule has 21 heavy (non-hydrogen) atoms. The summed E-state index contributed by atoms with van der Waals surface area (Å²) in [5.41, 5.74) is 0.968. The van der Waals surface area contributed by atoms with Gasteiger partial charge >= 0.3 is 0 Å². The molecule has 7 heteroatoms. The van der Waals surface area contributed by atoms with E-state index in [9.17, 15) is 13.2 Å². The minimum atomic E-state index is -3.65. The Morgan fingerprint density at radius 2 is 1.90 bits per heavy atom. The van der Waals surface area contributed by atoms with Gasteiger partial charge < -0.3 is 10.6 Å². The predicted molar refractivity (Wildman–Crippen MR) is 80.0 cm³/mol. The Balaban J connectivity index is 1.77. The van der Waals surface area contributed by atoms with Crippen molar-refractivity contribution in [3.05, 3.63) is 29.8 Å². The molecule has 6 nitrogen and oxygen atoms in total. The van der Waals surface area contributed by atoms with Crippen molar-refractivity contribution in [3.63, 3.8) is 0 Å². The molecule has 2 rings (SSSR count). The molecular weight excluding hydrogens is 290 g/mol. The number of benzene rings is 1. The van der Waals surface area contributed by atoms with Crippen LogP contribution in [-0.2, 0) is 14.8 Å². The fraction of sp³-hybridized carbons (Fsp3) is 0.500. The minimum Gasteiger partial charge on any atom is -0.355 e. The molecule has 0 radical (unpaired) electrons. The Bertz CT molecular complexity index is 594. The summed E-state index contributed by atoms with van der Waals surface area (Å²) in [6.45, 7) is 3.24. The fourth-order valence-corrected chi connectivity index (χ4v) is 2.54. The van der Waals surface area contributed by atoms with Gasteiger partial charge in [0.05, 0.1) is 4.90 Å². The van der Waals surface area contributed by atoms with Gasteiger partial charge in [-0.3, -0.25) is 4.79 Å². The van der Waals surface area contributed by atoms with Crippen molar-refractivity contribution >= 4 is 15.9 Å². The summed E-state index contributed by atoms with van der Waals surface area (Å²) in [5, 5.41) is 11.2. The molecule has 0 aromatic heterocycles. The van der Waals surface area contributed by atoms with Gasteiger partial charge in [-0.1, -0.05) is 12.1 Å². The highest BCUT2D eigenvalue weighted by atomic mass is 32.2. The molecule has 0 heterocycles. The Hall–Kier alpha value is -1.44. The molecule has 116 valence electrons. The fourth-order valence-electron chi connectivity index (χ4n) is 2.03. The maximum atomic E-state index is 11.4. The second kappa shape index (κ2) is 6.55. The normalized spacial score (nSPS) is 16.5. The van der Waals surface area contributed by atoms with E-state index in [0.29, 0.717) is 13.1 Å². The average Bonchev–Trinajstić information content (AvgIpc) is 3.27. The van der Waals surface area contributed by atoms with Gasteiger partial charge in [0, 0.05) is 25.0 Å². The first-order valence-electron chi connectivity index (χ1n) is 7.02. The van der Waals surface area contributed by atoms with Crippen LogP contribution in [0.15, 0.2) is 29.2 Å². The van der Waals surface area contributed by atoms with Crippen molar-refractivity contribution in [3.8, 4) is 0 Å². The first kappa shape index (κ1) is 15.9. The average molecular weight is 311 g/mol. The van der Waals surface area contributed by atoms with E-state index < -0.39 is 10.0 Å². The first-order chi connectivity index (χ1) is 9.88. The number of primary sulfonamides is 1. The minimum absolute atomic E-state index is 0.0670. The third kappa shape index (κ3) is 4.80. The lowest BCUT2D eigenvalue weighted by molar-refractivity contribution is -0.122. The van der Waals surface area contributed by atoms with E-state index in [2.05, 4.69) is 10.6 Å². The zero-order chi connectivity index (χ0) is 15.5.